The molecule has 0 aromatic heterocycles. The van der Waals surface area contributed by atoms with Crippen molar-refractivity contribution >= 4 is 27.4 Å². The number of piperidine rings is 1. The predicted molar refractivity (Wildman–Crippen MR) is 84.0 cm³/mol. The molecule has 3 rings (SSSR count). The number of ketones is 1. The first kappa shape index (κ1) is 15.8. The minimum absolute atomic E-state index is 0.00977. The Morgan fingerprint density at radius 2 is 2.00 bits per heavy atom. The Balaban J connectivity index is 1.81. The molecule has 22 heavy (non-hydrogen) atoms. The fourth-order valence-corrected chi connectivity index (χ4v) is 4.38. The Labute approximate surface area is 135 Å². The summed E-state index contributed by atoms with van der Waals surface area (Å²) in [6.45, 7) is 2.43. The Hall–Kier alpha value is -1.11. The number of ether oxygens (including phenoxy) is 1. The fourth-order valence-electron chi connectivity index (χ4n) is 3.10. The van der Waals surface area contributed by atoms with Crippen molar-refractivity contribution in [2.45, 2.75) is 31.8 Å². The number of hydrogen-bond acceptors (Lipinski definition) is 4. The second-order valence-electron chi connectivity index (χ2n) is 5.83. The van der Waals surface area contributed by atoms with Gasteiger partial charge in [-0.25, -0.2) is 12.7 Å². The summed E-state index contributed by atoms with van der Waals surface area (Å²) < 4.78 is 31.4. The number of carbonyl (C=O) groups is 1. The van der Waals surface area contributed by atoms with Gasteiger partial charge in [-0.3, -0.25) is 4.79 Å². The van der Waals surface area contributed by atoms with E-state index in [1.807, 2.05) is 0 Å². The van der Waals surface area contributed by atoms with Crippen molar-refractivity contribution in [3.05, 3.63) is 28.8 Å². The van der Waals surface area contributed by atoms with E-state index in [1.165, 1.54) is 4.31 Å². The zero-order valence-electron chi connectivity index (χ0n) is 12.3. The monoisotopic (exact) mass is 343 g/mol. The first-order valence-corrected chi connectivity index (χ1v) is 9.33. The lowest BCUT2D eigenvalue weighted by atomic mass is 9.83. The lowest BCUT2D eigenvalue weighted by Crippen LogP contribution is -2.52. The van der Waals surface area contributed by atoms with Gasteiger partial charge >= 0.3 is 0 Å². The van der Waals surface area contributed by atoms with E-state index in [1.54, 1.807) is 25.1 Å². The smallest absolute Gasteiger partial charge is 0.213 e. The van der Waals surface area contributed by atoms with Crippen molar-refractivity contribution in [3.63, 3.8) is 0 Å². The van der Waals surface area contributed by atoms with Crippen LogP contribution in [0, 0.1) is 0 Å². The molecule has 1 aromatic rings. The molecule has 1 saturated heterocycles. The number of sulfonamides is 1. The van der Waals surface area contributed by atoms with E-state index in [0.717, 1.165) is 0 Å². The molecule has 0 bridgehead atoms. The summed E-state index contributed by atoms with van der Waals surface area (Å²) in [5.74, 6) is 0.657. The Morgan fingerprint density at radius 3 is 2.64 bits per heavy atom. The summed E-state index contributed by atoms with van der Waals surface area (Å²) in [7, 11) is -3.18. The van der Waals surface area contributed by atoms with Crippen LogP contribution in [0.3, 0.4) is 0 Å². The molecule has 0 saturated carbocycles. The minimum atomic E-state index is -3.18. The lowest BCUT2D eigenvalue weighted by molar-refractivity contribution is 0.00594. The standard InChI is InChI=1S/C15H18ClNO4S/c1-2-22(19,20)17-7-5-15(6-8-17)10-13(18)12-9-11(16)3-4-14(12)21-15/h3-4,9H,2,5-8,10H2,1H3. The molecule has 7 heteroatoms. The molecule has 0 amide bonds. The first-order valence-electron chi connectivity index (χ1n) is 7.35. The Kier molecular flexibility index (Phi) is 3.95. The zero-order valence-corrected chi connectivity index (χ0v) is 13.9. The SMILES string of the molecule is CCS(=O)(=O)N1CCC2(CC1)CC(=O)c1cc(Cl)ccc1O2. The summed E-state index contributed by atoms with van der Waals surface area (Å²) in [5, 5.41) is 0.510. The van der Waals surface area contributed by atoms with Crippen LogP contribution in [-0.2, 0) is 10.0 Å². The molecule has 2 heterocycles. The van der Waals surface area contributed by atoms with Crippen molar-refractivity contribution in [2.24, 2.45) is 0 Å². The highest BCUT2D eigenvalue weighted by Crippen LogP contribution is 2.40. The van der Waals surface area contributed by atoms with E-state index in [0.29, 0.717) is 42.3 Å². The van der Waals surface area contributed by atoms with E-state index < -0.39 is 15.6 Å². The van der Waals surface area contributed by atoms with Crippen LogP contribution < -0.4 is 4.74 Å². The van der Waals surface area contributed by atoms with Crippen molar-refractivity contribution in [1.29, 1.82) is 0 Å². The normalized spacial score (nSPS) is 21.5. The molecular formula is C15H18ClNO4S. The number of rotatable bonds is 2. The number of Topliss-reactive ketones (excluding diaryl/α,β-unsaturated/α-hetero) is 1. The zero-order chi connectivity index (χ0) is 16.0. The summed E-state index contributed by atoms with van der Waals surface area (Å²) in [6, 6.07) is 5.04. The van der Waals surface area contributed by atoms with Crippen molar-refractivity contribution in [1.82, 2.24) is 4.31 Å². The molecule has 1 spiro atoms. The quantitative estimate of drug-likeness (QED) is 0.827. The third kappa shape index (κ3) is 2.75. The van der Waals surface area contributed by atoms with Gasteiger partial charge in [0.25, 0.3) is 0 Å². The maximum Gasteiger partial charge on any atom is 0.213 e. The first-order chi connectivity index (χ1) is 10.4. The van der Waals surface area contributed by atoms with E-state index >= 15 is 0 Å². The average Bonchev–Trinajstić information content (AvgIpc) is 2.49. The van der Waals surface area contributed by atoms with Gasteiger partial charge in [0.15, 0.2) is 5.78 Å². The van der Waals surface area contributed by atoms with Gasteiger partial charge in [-0.2, -0.15) is 0 Å². The number of carbonyl (C=O) groups excluding carboxylic acids is 1. The molecule has 0 aliphatic carbocycles. The van der Waals surface area contributed by atoms with Gasteiger partial charge in [-0.1, -0.05) is 11.6 Å². The summed E-state index contributed by atoms with van der Waals surface area (Å²) >= 11 is 5.92. The molecule has 0 unspecified atom stereocenters. The lowest BCUT2D eigenvalue weighted by Gasteiger charge is -2.43. The van der Waals surface area contributed by atoms with Gasteiger partial charge in [-0.15, -0.1) is 0 Å². The predicted octanol–water partition coefficient (Wildman–Crippen LogP) is 2.49. The number of fused-ring (bicyclic) bond motifs is 1. The maximum atomic E-state index is 12.4. The summed E-state index contributed by atoms with van der Waals surface area (Å²) in [5.41, 5.74) is -0.0701. The highest BCUT2D eigenvalue weighted by molar-refractivity contribution is 7.89. The van der Waals surface area contributed by atoms with Crippen molar-refractivity contribution in [3.8, 4) is 5.75 Å². The highest BCUT2D eigenvalue weighted by Gasteiger charge is 2.44. The Morgan fingerprint density at radius 1 is 1.32 bits per heavy atom. The van der Waals surface area contributed by atoms with Crippen LogP contribution in [0.1, 0.15) is 36.5 Å². The second kappa shape index (κ2) is 5.51. The van der Waals surface area contributed by atoms with Gasteiger partial charge in [-0.05, 0) is 25.1 Å². The Bertz CT molecular complexity index is 708. The molecule has 1 aromatic carbocycles. The van der Waals surface area contributed by atoms with E-state index in [9.17, 15) is 13.2 Å². The third-order valence-corrected chi connectivity index (χ3v) is 6.56. The topological polar surface area (TPSA) is 63.7 Å². The van der Waals surface area contributed by atoms with Crippen LogP contribution in [-0.4, -0.2) is 42.9 Å². The maximum absolute atomic E-state index is 12.4. The molecule has 2 aliphatic rings. The largest absolute Gasteiger partial charge is 0.486 e. The molecule has 0 atom stereocenters. The molecular weight excluding hydrogens is 326 g/mol. The molecule has 1 fully saturated rings. The number of halogens is 1. The van der Waals surface area contributed by atoms with Crippen LogP contribution in [0.25, 0.3) is 0 Å². The molecule has 0 N–H and O–H groups in total. The number of hydrogen-bond donors (Lipinski definition) is 0. The van der Waals surface area contributed by atoms with E-state index in [4.69, 9.17) is 16.3 Å². The average molecular weight is 344 g/mol. The molecule has 0 radical (unpaired) electrons. The minimum Gasteiger partial charge on any atom is -0.486 e. The van der Waals surface area contributed by atoms with E-state index in [2.05, 4.69) is 0 Å². The van der Waals surface area contributed by atoms with Gasteiger partial charge < -0.3 is 4.74 Å². The fraction of sp³-hybridized carbons (Fsp3) is 0.533. The van der Waals surface area contributed by atoms with Gasteiger partial charge in [0.1, 0.15) is 11.4 Å². The number of benzene rings is 1. The van der Waals surface area contributed by atoms with Gasteiger partial charge in [0, 0.05) is 31.0 Å². The van der Waals surface area contributed by atoms with Crippen LogP contribution in [0.15, 0.2) is 18.2 Å². The summed E-state index contributed by atoms with van der Waals surface area (Å²) in [6.07, 6.45) is 1.33. The third-order valence-electron chi connectivity index (χ3n) is 4.44. The summed E-state index contributed by atoms with van der Waals surface area (Å²) in [4.78, 5) is 12.4. The van der Waals surface area contributed by atoms with Crippen LogP contribution >= 0.6 is 11.6 Å². The van der Waals surface area contributed by atoms with Gasteiger partial charge in [0.05, 0.1) is 17.7 Å². The number of nitrogens with zero attached hydrogens (tertiary/aromatic N) is 1. The van der Waals surface area contributed by atoms with Crippen LogP contribution in [0.2, 0.25) is 5.02 Å². The van der Waals surface area contributed by atoms with Crippen LogP contribution in [0.5, 0.6) is 5.75 Å². The van der Waals surface area contributed by atoms with Crippen molar-refractivity contribution < 1.29 is 17.9 Å². The molecule has 120 valence electrons. The highest BCUT2D eigenvalue weighted by atomic mass is 35.5. The van der Waals surface area contributed by atoms with E-state index in [-0.39, 0.29) is 18.0 Å². The van der Waals surface area contributed by atoms with Crippen molar-refractivity contribution in [2.75, 3.05) is 18.8 Å². The van der Waals surface area contributed by atoms with Gasteiger partial charge in [0.2, 0.25) is 10.0 Å². The molecule has 2 aliphatic heterocycles. The molecule has 5 nitrogen and oxygen atoms in total. The van der Waals surface area contributed by atoms with Crippen LogP contribution in [0.4, 0.5) is 0 Å². The second-order valence-corrected chi connectivity index (χ2v) is 8.52.